The van der Waals surface area contributed by atoms with Gasteiger partial charge >= 0.3 is 0 Å². The number of carbonyl (C=O) groups is 1. The second kappa shape index (κ2) is 6.34. The van der Waals surface area contributed by atoms with Gasteiger partial charge in [-0.15, -0.1) is 0 Å². The van der Waals surface area contributed by atoms with Gasteiger partial charge in [-0.05, 0) is 44.4 Å². The molecular formula is C14H19ClN2O3S. The second-order valence-electron chi connectivity index (χ2n) is 5.31. The van der Waals surface area contributed by atoms with E-state index < -0.39 is 16.1 Å². The third-order valence-corrected chi connectivity index (χ3v) is 5.52. The lowest BCUT2D eigenvalue weighted by Crippen LogP contribution is -2.45. The van der Waals surface area contributed by atoms with Crippen LogP contribution in [-0.4, -0.2) is 38.4 Å². The summed E-state index contributed by atoms with van der Waals surface area (Å²) in [6, 6.07) is 3.91. The number of aryl methyl sites for hydroxylation is 1. The molecule has 21 heavy (non-hydrogen) atoms. The number of likely N-dealkylation sites (tertiary alicyclic amines) is 1. The predicted molar refractivity (Wildman–Crippen MR) is 81.8 cm³/mol. The Balaban J connectivity index is 2.14. The quantitative estimate of drug-likeness (QED) is 0.917. The standard InChI is InChI=1S/C14H19ClN2O3S/c1-10-5-6-13(12(15)9-10)21(19,20)16-11(2)14(18)17-7-3-4-8-17/h5-6,9,11,16H,3-4,7-8H2,1-2H3/t11-/m0/s1. The van der Waals surface area contributed by atoms with Crippen molar-refractivity contribution in [1.82, 2.24) is 9.62 Å². The summed E-state index contributed by atoms with van der Waals surface area (Å²) < 4.78 is 27.1. The number of amides is 1. The van der Waals surface area contributed by atoms with Gasteiger partial charge in [-0.1, -0.05) is 17.7 Å². The van der Waals surface area contributed by atoms with Gasteiger partial charge in [0.1, 0.15) is 4.90 Å². The van der Waals surface area contributed by atoms with Crippen LogP contribution in [0, 0.1) is 6.92 Å². The van der Waals surface area contributed by atoms with Crippen LogP contribution in [0.1, 0.15) is 25.3 Å². The fourth-order valence-electron chi connectivity index (χ4n) is 2.38. The van der Waals surface area contributed by atoms with Crippen LogP contribution in [0.25, 0.3) is 0 Å². The number of carbonyl (C=O) groups excluding carboxylic acids is 1. The fraction of sp³-hybridized carbons (Fsp3) is 0.500. The predicted octanol–water partition coefficient (Wildman–Crippen LogP) is 1.94. The lowest BCUT2D eigenvalue weighted by molar-refractivity contribution is -0.131. The van der Waals surface area contributed by atoms with Gasteiger partial charge in [0.05, 0.1) is 11.1 Å². The molecule has 1 aromatic carbocycles. The largest absolute Gasteiger partial charge is 0.341 e. The SMILES string of the molecule is Cc1ccc(S(=O)(=O)N[C@@H](C)C(=O)N2CCCC2)c(Cl)c1. The monoisotopic (exact) mass is 330 g/mol. The molecule has 0 unspecified atom stereocenters. The molecule has 1 N–H and O–H groups in total. The third kappa shape index (κ3) is 3.75. The first-order chi connectivity index (χ1) is 9.81. The highest BCUT2D eigenvalue weighted by atomic mass is 35.5. The Morgan fingerprint density at radius 1 is 1.33 bits per heavy atom. The summed E-state index contributed by atoms with van der Waals surface area (Å²) in [6.45, 7) is 4.77. The highest BCUT2D eigenvalue weighted by molar-refractivity contribution is 7.89. The Labute approximate surface area is 130 Å². The van der Waals surface area contributed by atoms with Gasteiger partial charge in [0, 0.05) is 13.1 Å². The molecule has 2 rings (SSSR count). The molecule has 1 heterocycles. The molecule has 0 bridgehead atoms. The summed E-state index contributed by atoms with van der Waals surface area (Å²) in [7, 11) is -3.81. The van der Waals surface area contributed by atoms with Crippen molar-refractivity contribution in [3.05, 3.63) is 28.8 Å². The van der Waals surface area contributed by atoms with Crippen LogP contribution in [0.3, 0.4) is 0 Å². The Hall–Kier alpha value is -1.11. The molecule has 1 aliphatic rings. The van der Waals surface area contributed by atoms with Crippen LogP contribution in [0.4, 0.5) is 0 Å². The van der Waals surface area contributed by atoms with E-state index in [0.29, 0.717) is 13.1 Å². The third-order valence-electron chi connectivity index (χ3n) is 3.50. The second-order valence-corrected chi connectivity index (χ2v) is 7.40. The number of sulfonamides is 1. The summed E-state index contributed by atoms with van der Waals surface area (Å²) >= 11 is 5.99. The zero-order chi connectivity index (χ0) is 15.6. The van der Waals surface area contributed by atoms with Crippen molar-refractivity contribution in [3.8, 4) is 0 Å². The van der Waals surface area contributed by atoms with Crippen LogP contribution < -0.4 is 4.72 Å². The van der Waals surface area contributed by atoms with Crippen LogP contribution >= 0.6 is 11.6 Å². The molecule has 7 heteroatoms. The first-order valence-corrected chi connectivity index (χ1v) is 8.74. The zero-order valence-corrected chi connectivity index (χ0v) is 13.7. The maximum atomic E-state index is 12.3. The minimum atomic E-state index is -3.81. The smallest absolute Gasteiger partial charge is 0.242 e. The number of nitrogens with zero attached hydrogens (tertiary/aromatic N) is 1. The van der Waals surface area contributed by atoms with Gasteiger partial charge in [0.25, 0.3) is 0 Å². The molecule has 0 aromatic heterocycles. The fourth-order valence-corrected chi connectivity index (χ4v) is 4.18. The van der Waals surface area contributed by atoms with Crippen LogP contribution in [0.15, 0.2) is 23.1 Å². The molecule has 0 spiro atoms. The molecule has 0 aliphatic carbocycles. The Bertz CT molecular complexity index is 640. The number of hydrogen-bond donors (Lipinski definition) is 1. The normalized spacial score (nSPS) is 17.0. The van der Waals surface area contributed by atoms with Crippen molar-refractivity contribution >= 4 is 27.5 Å². The van der Waals surface area contributed by atoms with Crippen molar-refractivity contribution in [2.75, 3.05) is 13.1 Å². The molecule has 1 fully saturated rings. The summed E-state index contributed by atoms with van der Waals surface area (Å²) in [5, 5.41) is 0.156. The molecule has 5 nitrogen and oxygen atoms in total. The first-order valence-electron chi connectivity index (χ1n) is 6.88. The van der Waals surface area contributed by atoms with Crippen LogP contribution in [0.2, 0.25) is 5.02 Å². The van der Waals surface area contributed by atoms with Crippen molar-refractivity contribution in [2.24, 2.45) is 0 Å². The molecular weight excluding hydrogens is 312 g/mol. The first kappa shape index (κ1) is 16.3. The number of rotatable bonds is 4. The van der Waals surface area contributed by atoms with E-state index in [-0.39, 0.29) is 15.8 Å². The van der Waals surface area contributed by atoms with E-state index in [1.165, 1.54) is 6.07 Å². The van der Waals surface area contributed by atoms with E-state index in [1.54, 1.807) is 24.0 Å². The maximum absolute atomic E-state index is 12.3. The Morgan fingerprint density at radius 3 is 2.52 bits per heavy atom. The molecule has 116 valence electrons. The molecule has 1 atom stereocenters. The number of halogens is 1. The Morgan fingerprint density at radius 2 is 1.95 bits per heavy atom. The van der Waals surface area contributed by atoms with Crippen molar-refractivity contribution < 1.29 is 13.2 Å². The van der Waals surface area contributed by atoms with E-state index in [1.807, 2.05) is 6.92 Å². The molecule has 1 saturated heterocycles. The van der Waals surface area contributed by atoms with E-state index in [0.717, 1.165) is 18.4 Å². The number of benzene rings is 1. The van der Waals surface area contributed by atoms with Crippen molar-refractivity contribution in [3.63, 3.8) is 0 Å². The van der Waals surface area contributed by atoms with Crippen LogP contribution in [0.5, 0.6) is 0 Å². The average molecular weight is 331 g/mol. The zero-order valence-electron chi connectivity index (χ0n) is 12.1. The molecule has 1 amide bonds. The van der Waals surface area contributed by atoms with Crippen molar-refractivity contribution in [2.45, 2.75) is 37.6 Å². The van der Waals surface area contributed by atoms with Crippen LogP contribution in [-0.2, 0) is 14.8 Å². The maximum Gasteiger partial charge on any atom is 0.242 e. The Kier molecular flexibility index (Phi) is 4.91. The lowest BCUT2D eigenvalue weighted by atomic mass is 10.2. The summed E-state index contributed by atoms with van der Waals surface area (Å²) in [5.74, 6) is -0.195. The van der Waals surface area contributed by atoms with Gasteiger partial charge in [-0.2, -0.15) is 4.72 Å². The highest BCUT2D eigenvalue weighted by Gasteiger charge is 2.28. The van der Waals surface area contributed by atoms with Gasteiger partial charge < -0.3 is 4.90 Å². The summed E-state index contributed by atoms with van der Waals surface area (Å²) in [5.41, 5.74) is 0.875. The highest BCUT2D eigenvalue weighted by Crippen LogP contribution is 2.22. The van der Waals surface area contributed by atoms with E-state index in [4.69, 9.17) is 11.6 Å². The molecule has 0 saturated carbocycles. The topological polar surface area (TPSA) is 66.5 Å². The molecule has 1 aromatic rings. The van der Waals surface area contributed by atoms with Crippen molar-refractivity contribution in [1.29, 1.82) is 0 Å². The molecule has 1 aliphatic heterocycles. The van der Waals surface area contributed by atoms with E-state index in [9.17, 15) is 13.2 Å². The number of hydrogen-bond acceptors (Lipinski definition) is 3. The van der Waals surface area contributed by atoms with Gasteiger partial charge in [0.2, 0.25) is 15.9 Å². The van der Waals surface area contributed by atoms with Gasteiger partial charge in [-0.3, -0.25) is 4.79 Å². The van der Waals surface area contributed by atoms with Gasteiger partial charge in [0.15, 0.2) is 0 Å². The van der Waals surface area contributed by atoms with E-state index in [2.05, 4.69) is 4.72 Å². The number of nitrogens with one attached hydrogen (secondary N) is 1. The van der Waals surface area contributed by atoms with Gasteiger partial charge in [-0.25, -0.2) is 8.42 Å². The average Bonchev–Trinajstić information content (AvgIpc) is 2.90. The molecule has 0 radical (unpaired) electrons. The summed E-state index contributed by atoms with van der Waals surface area (Å²) in [4.78, 5) is 13.8. The lowest BCUT2D eigenvalue weighted by Gasteiger charge is -2.21. The summed E-state index contributed by atoms with van der Waals surface area (Å²) in [6.07, 6.45) is 1.93. The minimum absolute atomic E-state index is 0.00385. The minimum Gasteiger partial charge on any atom is -0.341 e. The van der Waals surface area contributed by atoms with E-state index >= 15 is 0 Å².